The van der Waals surface area contributed by atoms with Crippen molar-refractivity contribution in [3.63, 3.8) is 0 Å². The molecule has 4 nitrogen and oxygen atoms in total. The van der Waals surface area contributed by atoms with Crippen molar-refractivity contribution in [2.24, 2.45) is 5.73 Å². The number of anilines is 1. The fourth-order valence-corrected chi connectivity index (χ4v) is 1.44. The Morgan fingerprint density at radius 3 is 3.00 bits per heavy atom. The zero-order valence-corrected chi connectivity index (χ0v) is 9.36. The van der Waals surface area contributed by atoms with Crippen LogP contribution in [0.4, 0.5) is 5.82 Å². The first-order valence-corrected chi connectivity index (χ1v) is 5.27. The summed E-state index contributed by atoms with van der Waals surface area (Å²) in [5, 5.41) is 3.33. The number of aromatic nitrogens is 1. The lowest BCUT2D eigenvalue weighted by atomic mass is 10.1. The second kappa shape index (κ2) is 6.24. The molecule has 15 heavy (non-hydrogen) atoms. The average Bonchev–Trinajstić information content (AvgIpc) is 2.29. The fourth-order valence-electron chi connectivity index (χ4n) is 1.44. The van der Waals surface area contributed by atoms with E-state index < -0.39 is 0 Å². The van der Waals surface area contributed by atoms with Gasteiger partial charge in [0.15, 0.2) is 11.6 Å². The molecule has 0 amide bonds. The van der Waals surface area contributed by atoms with Crippen LogP contribution >= 0.6 is 0 Å². The van der Waals surface area contributed by atoms with Gasteiger partial charge in [-0.05, 0) is 31.5 Å². The Balaban J connectivity index is 2.69. The Kier molecular flexibility index (Phi) is 4.90. The number of pyridine rings is 1. The van der Waals surface area contributed by atoms with E-state index in [0.717, 1.165) is 24.4 Å². The van der Waals surface area contributed by atoms with Crippen molar-refractivity contribution in [1.82, 2.24) is 4.98 Å². The Morgan fingerprint density at radius 1 is 1.60 bits per heavy atom. The topological polar surface area (TPSA) is 60.2 Å². The van der Waals surface area contributed by atoms with Crippen molar-refractivity contribution >= 4 is 5.82 Å². The molecule has 0 saturated heterocycles. The standard InChI is InChI=1S/C11H19N3O/c1-3-9(6-7-12)14-11-10(15-2)5-4-8-13-11/h4-5,8-9H,3,6-7,12H2,1-2H3,(H,13,14). The third kappa shape index (κ3) is 3.40. The fraction of sp³-hybridized carbons (Fsp3) is 0.545. The molecule has 0 aliphatic carbocycles. The van der Waals surface area contributed by atoms with Gasteiger partial charge in [-0.3, -0.25) is 0 Å². The molecule has 0 fully saturated rings. The highest BCUT2D eigenvalue weighted by molar-refractivity contribution is 5.49. The van der Waals surface area contributed by atoms with Gasteiger partial charge in [0.1, 0.15) is 0 Å². The molecule has 1 atom stereocenters. The zero-order chi connectivity index (χ0) is 11.1. The minimum absolute atomic E-state index is 0.360. The van der Waals surface area contributed by atoms with Crippen LogP contribution in [0, 0.1) is 0 Å². The van der Waals surface area contributed by atoms with E-state index in [1.54, 1.807) is 13.3 Å². The lowest BCUT2D eigenvalue weighted by Crippen LogP contribution is -2.23. The van der Waals surface area contributed by atoms with E-state index in [9.17, 15) is 0 Å². The van der Waals surface area contributed by atoms with Gasteiger partial charge < -0.3 is 15.8 Å². The normalized spacial score (nSPS) is 12.2. The van der Waals surface area contributed by atoms with E-state index in [1.807, 2.05) is 12.1 Å². The average molecular weight is 209 g/mol. The van der Waals surface area contributed by atoms with Crippen LogP contribution in [0.2, 0.25) is 0 Å². The third-order valence-corrected chi connectivity index (χ3v) is 2.34. The summed E-state index contributed by atoms with van der Waals surface area (Å²) in [6.07, 6.45) is 3.72. The Hall–Kier alpha value is -1.29. The maximum absolute atomic E-state index is 5.54. The van der Waals surface area contributed by atoms with Gasteiger partial charge in [-0.1, -0.05) is 6.92 Å². The van der Waals surface area contributed by atoms with E-state index in [4.69, 9.17) is 10.5 Å². The van der Waals surface area contributed by atoms with Crippen LogP contribution in [0.25, 0.3) is 0 Å². The summed E-state index contributed by atoms with van der Waals surface area (Å²) in [7, 11) is 1.64. The molecule has 84 valence electrons. The van der Waals surface area contributed by atoms with Gasteiger partial charge in [-0.15, -0.1) is 0 Å². The molecular formula is C11H19N3O. The molecule has 0 spiro atoms. The summed E-state index contributed by atoms with van der Waals surface area (Å²) in [4.78, 5) is 4.24. The number of nitrogens with one attached hydrogen (secondary N) is 1. The second-order valence-corrected chi connectivity index (χ2v) is 3.38. The van der Waals surface area contributed by atoms with E-state index in [-0.39, 0.29) is 0 Å². The quantitative estimate of drug-likeness (QED) is 0.747. The smallest absolute Gasteiger partial charge is 0.168 e. The molecule has 4 heteroatoms. The van der Waals surface area contributed by atoms with E-state index in [2.05, 4.69) is 17.2 Å². The summed E-state index contributed by atoms with van der Waals surface area (Å²) in [5.41, 5.74) is 5.54. The third-order valence-electron chi connectivity index (χ3n) is 2.34. The highest BCUT2D eigenvalue weighted by atomic mass is 16.5. The van der Waals surface area contributed by atoms with Crippen molar-refractivity contribution < 1.29 is 4.74 Å². The largest absolute Gasteiger partial charge is 0.493 e. The van der Waals surface area contributed by atoms with Gasteiger partial charge in [0.05, 0.1) is 7.11 Å². The number of nitrogens with two attached hydrogens (primary N) is 1. The highest BCUT2D eigenvalue weighted by Crippen LogP contribution is 2.21. The lowest BCUT2D eigenvalue weighted by Gasteiger charge is -2.18. The molecule has 1 heterocycles. The molecule has 0 aliphatic heterocycles. The molecule has 0 bridgehead atoms. The van der Waals surface area contributed by atoms with Gasteiger partial charge in [-0.25, -0.2) is 4.98 Å². The molecular weight excluding hydrogens is 190 g/mol. The molecule has 0 aromatic carbocycles. The monoisotopic (exact) mass is 209 g/mol. The van der Waals surface area contributed by atoms with Crippen LogP contribution in [0.3, 0.4) is 0 Å². The van der Waals surface area contributed by atoms with E-state index in [0.29, 0.717) is 12.6 Å². The van der Waals surface area contributed by atoms with Crippen molar-refractivity contribution in [2.45, 2.75) is 25.8 Å². The molecule has 1 unspecified atom stereocenters. The first-order valence-electron chi connectivity index (χ1n) is 5.27. The highest BCUT2D eigenvalue weighted by Gasteiger charge is 2.09. The van der Waals surface area contributed by atoms with E-state index in [1.165, 1.54) is 0 Å². The van der Waals surface area contributed by atoms with Gasteiger partial charge in [0, 0.05) is 12.2 Å². The first kappa shape index (κ1) is 11.8. The predicted molar refractivity (Wildman–Crippen MR) is 62.2 cm³/mol. The predicted octanol–water partition coefficient (Wildman–Crippen LogP) is 1.63. The van der Waals surface area contributed by atoms with Gasteiger partial charge >= 0.3 is 0 Å². The number of nitrogens with zero attached hydrogens (tertiary/aromatic N) is 1. The van der Waals surface area contributed by atoms with E-state index >= 15 is 0 Å². The summed E-state index contributed by atoms with van der Waals surface area (Å²) >= 11 is 0. The van der Waals surface area contributed by atoms with Crippen LogP contribution in [0.1, 0.15) is 19.8 Å². The molecule has 0 radical (unpaired) electrons. The molecule has 1 aromatic rings. The number of rotatable bonds is 6. The number of hydrogen-bond acceptors (Lipinski definition) is 4. The number of ether oxygens (including phenoxy) is 1. The Morgan fingerprint density at radius 2 is 2.40 bits per heavy atom. The van der Waals surface area contributed by atoms with Crippen LogP contribution < -0.4 is 15.8 Å². The van der Waals surface area contributed by atoms with Crippen molar-refractivity contribution in [3.05, 3.63) is 18.3 Å². The van der Waals surface area contributed by atoms with Crippen LogP contribution in [-0.4, -0.2) is 24.7 Å². The van der Waals surface area contributed by atoms with Crippen molar-refractivity contribution in [2.75, 3.05) is 19.0 Å². The van der Waals surface area contributed by atoms with Gasteiger partial charge in [0.25, 0.3) is 0 Å². The van der Waals surface area contributed by atoms with Crippen LogP contribution in [0.5, 0.6) is 5.75 Å². The summed E-state index contributed by atoms with van der Waals surface area (Å²) < 4.78 is 5.21. The molecule has 0 saturated carbocycles. The van der Waals surface area contributed by atoms with Crippen LogP contribution in [-0.2, 0) is 0 Å². The minimum Gasteiger partial charge on any atom is -0.493 e. The first-order chi connectivity index (χ1) is 7.31. The second-order valence-electron chi connectivity index (χ2n) is 3.38. The number of hydrogen-bond donors (Lipinski definition) is 2. The summed E-state index contributed by atoms with van der Waals surface area (Å²) in [5.74, 6) is 1.56. The summed E-state index contributed by atoms with van der Waals surface area (Å²) in [6, 6.07) is 4.11. The maximum atomic E-state index is 5.54. The Bertz CT molecular complexity index is 291. The SMILES string of the molecule is CCC(CCN)Nc1ncccc1OC. The molecule has 3 N–H and O–H groups in total. The van der Waals surface area contributed by atoms with Crippen molar-refractivity contribution in [3.8, 4) is 5.75 Å². The maximum Gasteiger partial charge on any atom is 0.168 e. The minimum atomic E-state index is 0.360. The molecule has 0 aliphatic rings. The number of methoxy groups -OCH3 is 1. The Labute approximate surface area is 90.8 Å². The lowest BCUT2D eigenvalue weighted by molar-refractivity contribution is 0.414. The van der Waals surface area contributed by atoms with Gasteiger partial charge in [0.2, 0.25) is 0 Å². The molecule has 1 aromatic heterocycles. The zero-order valence-electron chi connectivity index (χ0n) is 9.36. The molecule has 1 rings (SSSR count). The summed E-state index contributed by atoms with van der Waals surface area (Å²) in [6.45, 7) is 2.81. The van der Waals surface area contributed by atoms with Crippen LogP contribution in [0.15, 0.2) is 18.3 Å². The van der Waals surface area contributed by atoms with Gasteiger partial charge in [-0.2, -0.15) is 0 Å². The van der Waals surface area contributed by atoms with Crippen molar-refractivity contribution in [1.29, 1.82) is 0 Å².